The van der Waals surface area contributed by atoms with Gasteiger partial charge in [0.15, 0.2) is 0 Å². The number of hydrogen-bond donors (Lipinski definition) is 0. The quantitative estimate of drug-likeness (QED) is 0.512. The van der Waals surface area contributed by atoms with Gasteiger partial charge in [-0.15, -0.1) is 0 Å². The van der Waals surface area contributed by atoms with Crippen LogP contribution in [0.1, 0.15) is 82.4 Å². The van der Waals surface area contributed by atoms with Crippen molar-refractivity contribution in [2.45, 2.75) is 85.0 Å². The first-order valence-electron chi connectivity index (χ1n) is 9.37. The molecule has 0 bridgehead atoms. The molecule has 1 aliphatic carbocycles. The lowest BCUT2D eigenvalue weighted by atomic mass is 9.91. The Bertz CT molecular complexity index is 418. The molecule has 118 valence electrons. The molecular weight excluding hydrogens is 252 g/mol. The van der Waals surface area contributed by atoms with E-state index in [1.54, 1.807) is 16.7 Å². The zero-order chi connectivity index (χ0) is 15.1. The molecule has 0 aliphatic heterocycles. The van der Waals surface area contributed by atoms with Crippen molar-refractivity contribution in [3.63, 3.8) is 0 Å². The van der Waals surface area contributed by atoms with Gasteiger partial charge < -0.3 is 0 Å². The minimum absolute atomic E-state index is 0.929. The van der Waals surface area contributed by atoms with Crippen molar-refractivity contribution in [1.29, 1.82) is 0 Å². The largest absolute Gasteiger partial charge is 0.0654 e. The van der Waals surface area contributed by atoms with Gasteiger partial charge in [-0.05, 0) is 67.1 Å². The summed E-state index contributed by atoms with van der Waals surface area (Å²) in [6.45, 7) is 7.02. The number of aryl methyl sites for hydroxylation is 3. The first-order valence-corrected chi connectivity index (χ1v) is 9.37. The fourth-order valence-corrected chi connectivity index (χ4v) is 3.91. The second-order valence-electron chi connectivity index (χ2n) is 7.06. The molecular formula is C21H34. The first kappa shape index (κ1) is 16.6. The zero-order valence-corrected chi connectivity index (χ0v) is 14.5. The molecule has 0 N–H and O–H groups in total. The van der Waals surface area contributed by atoms with E-state index in [9.17, 15) is 0 Å². The van der Waals surface area contributed by atoms with E-state index in [0.717, 1.165) is 11.8 Å². The highest BCUT2D eigenvalue weighted by molar-refractivity contribution is 5.33. The maximum absolute atomic E-state index is 2.53. The molecule has 0 fully saturated rings. The van der Waals surface area contributed by atoms with E-state index in [1.165, 1.54) is 64.2 Å². The van der Waals surface area contributed by atoms with Gasteiger partial charge in [0.25, 0.3) is 0 Å². The van der Waals surface area contributed by atoms with E-state index in [1.807, 2.05) is 0 Å². The van der Waals surface area contributed by atoms with Crippen LogP contribution in [0.3, 0.4) is 0 Å². The van der Waals surface area contributed by atoms with Crippen LogP contribution in [0.15, 0.2) is 18.2 Å². The summed E-state index contributed by atoms with van der Waals surface area (Å²) < 4.78 is 0. The van der Waals surface area contributed by atoms with Gasteiger partial charge in [0.1, 0.15) is 0 Å². The van der Waals surface area contributed by atoms with E-state index in [2.05, 4.69) is 39.0 Å². The summed E-state index contributed by atoms with van der Waals surface area (Å²) in [4.78, 5) is 0. The molecule has 0 nitrogen and oxygen atoms in total. The van der Waals surface area contributed by atoms with E-state index >= 15 is 0 Å². The van der Waals surface area contributed by atoms with Crippen molar-refractivity contribution in [3.8, 4) is 0 Å². The Balaban J connectivity index is 1.96. The second-order valence-corrected chi connectivity index (χ2v) is 7.06. The molecule has 1 aromatic carbocycles. The lowest BCUT2D eigenvalue weighted by molar-refractivity contribution is 0.432. The molecule has 0 heteroatoms. The molecule has 2 rings (SSSR count). The standard InChI is InChI=1S/C21H34/c1-4-7-17(5-2)8-9-19-12-14-20-13-10-18(6-3)11-15-21(20)16-19/h12,14,16-18H,4-11,13,15H2,1-3H3. The molecule has 1 aromatic rings. The summed E-state index contributed by atoms with van der Waals surface area (Å²) >= 11 is 0. The van der Waals surface area contributed by atoms with Gasteiger partial charge in [-0.2, -0.15) is 0 Å². The Labute approximate surface area is 132 Å². The highest BCUT2D eigenvalue weighted by atomic mass is 14.2. The lowest BCUT2D eigenvalue weighted by Crippen LogP contribution is -2.01. The molecule has 0 saturated heterocycles. The lowest BCUT2D eigenvalue weighted by Gasteiger charge is -2.14. The maximum Gasteiger partial charge on any atom is -0.0273 e. The summed E-state index contributed by atoms with van der Waals surface area (Å²) in [5, 5.41) is 0. The predicted molar refractivity (Wildman–Crippen MR) is 93.9 cm³/mol. The Kier molecular flexibility index (Phi) is 6.80. The van der Waals surface area contributed by atoms with Crippen molar-refractivity contribution >= 4 is 0 Å². The van der Waals surface area contributed by atoms with Crippen LogP contribution in [0.2, 0.25) is 0 Å². The summed E-state index contributed by atoms with van der Waals surface area (Å²) in [6, 6.07) is 7.37. The van der Waals surface area contributed by atoms with Crippen molar-refractivity contribution < 1.29 is 0 Å². The average molecular weight is 287 g/mol. The van der Waals surface area contributed by atoms with Crippen LogP contribution in [0.4, 0.5) is 0 Å². The van der Waals surface area contributed by atoms with Crippen LogP contribution < -0.4 is 0 Å². The van der Waals surface area contributed by atoms with E-state index in [-0.39, 0.29) is 0 Å². The zero-order valence-electron chi connectivity index (χ0n) is 14.5. The Morgan fingerprint density at radius 2 is 1.76 bits per heavy atom. The number of fused-ring (bicyclic) bond motifs is 1. The van der Waals surface area contributed by atoms with Crippen LogP contribution in [-0.2, 0) is 19.3 Å². The summed E-state index contributed by atoms with van der Waals surface area (Å²) in [7, 11) is 0. The van der Waals surface area contributed by atoms with Crippen molar-refractivity contribution in [3.05, 3.63) is 34.9 Å². The molecule has 1 aliphatic rings. The van der Waals surface area contributed by atoms with Crippen molar-refractivity contribution in [2.75, 3.05) is 0 Å². The molecule has 0 radical (unpaired) electrons. The van der Waals surface area contributed by atoms with Gasteiger partial charge in [-0.3, -0.25) is 0 Å². The topological polar surface area (TPSA) is 0 Å². The van der Waals surface area contributed by atoms with Gasteiger partial charge >= 0.3 is 0 Å². The SMILES string of the molecule is CCCC(CC)CCc1ccc2c(c1)CCC(CC)CC2. The Hall–Kier alpha value is -0.780. The third-order valence-electron chi connectivity index (χ3n) is 5.61. The Morgan fingerprint density at radius 1 is 1.00 bits per heavy atom. The fourth-order valence-electron chi connectivity index (χ4n) is 3.91. The molecule has 0 amide bonds. The molecule has 2 atom stereocenters. The summed E-state index contributed by atoms with van der Waals surface area (Å²) in [5.74, 6) is 1.88. The van der Waals surface area contributed by atoms with E-state index in [4.69, 9.17) is 0 Å². The molecule has 0 spiro atoms. The second kappa shape index (κ2) is 8.61. The molecule has 2 unspecified atom stereocenters. The van der Waals surface area contributed by atoms with Crippen LogP contribution in [0, 0.1) is 11.8 Å². The smallest absolute Gasteiger partial charge is 0.0273 e. The summed E-state index contributed by atoms with van der Waals surface area (Å²) in [6.07, 6.45) is 13.5. The van der Waals surface area contributed by atoms with Gasteiger partial charge in [0.05, 0.1) is 0 Å². The summed E-state index contributed by atoms with van der Waals surface area (Å²) in [5.41, 5.74) is 4.88. The highest BCUT2D eigenvalue weighted by Crippen LogP contribution is 2.28. The Morgan fingerprint density at radius 3 is 2.43 bits per heavy atom. The normalized spacial score (nSPS) is 19.9. The number of rotatable bonds is 7. The number of hydrogen-bond acceptors (Lipinski definition) is 0. The fraction of sp³-hybridized carbons (Fsp3) is 0.714. The van der Waals surface area contributed by atoms with Gasteiger partial charge in [-0.25, -0.2) is 0 Å². The van der Waals surface area contributed by atoms with E-state index < -0.39 is 0 Å². The van der Waals surface area contributed by atoms with Gasteiger partial charge in [0.2, 0.25) is 0 Å². The third kappa shape index (κ3) is 4.87. The minimum atomic E-state index is 0.929. The number of benzene rings is 1. The third-order valence-corrected chi connectivity index (χ3v) is 5.61. The first-order chi connectivity index (χ1) is 10.3. The van der Waals surface area contributed by atoms with Crippen LogP contribution in [-0.4, -0.2) is 0 Å². The molecule has 21 heavy (non-hydrogen) atoms. The molecule has 0 saturated carbocycles. The van der Waals surface area contributed by atoms with E-state index in [0.29, 0.717) is 0 Å². The highest BCUT2D eigenvalue weighted by Gasteiger charge is 2.15. The van der Waals surface area contributed by atoms with Gasteiger partial charge in [0, 0.05) is 0 Å². The van der Waals surface area contributed by atoms with Crippen LogP contribution >= 0.6 is 0 Å². The maximum atomic E-state index is 2.53. The van der Waals surface area contributed by atoms with Crippen LogP contribution in [0.25, 0.3) is 0 Å². The predicted octanol–water partition coefficient (Wildman–Crippen LogP) is 6.35. The van der Waals surface area contributed by atoms with Crippen molar-refractivity contribution in [2.24, 2.45) is 11.8 Å². The molecule has 0 heterocycles. The average Bonchev–Trinajstić information content (AvgIpc) is 2.73. The molecule has 0 aromatic heterocycles. The monoisotopic (exact) mass is 286 g/mol. The van der Waals surface area contributed by atoms with Crippen LogP contribution in [0.5, 0.6) is 0 Å². The van der Waals surface area contributed by atoms with Crippen molar-refractivity contribution in [1.82, 2.24) is 0 Å². The minimum Gasteiger partial charge on any atom is -0.0654 e. The van der Waals surface area contributed by atoms with Gasteiger partial charge in [-0.1, -0.05) is 64.7 Å².